The molecule has 0 aliphatic rings. The van der Waals surface area contributed by atoms with Crippen LogP contribution in [0.25, 0.3) is 0 Å². The van der Waals surface area contributed by atoms with Crippen LogP contribution in [0.4, 0.5) is 0 Å². The molecule has 1 atom stereocenters. The van der Waals surface area contributed by atoms with Gasteiger partial charge in [-0.2, -0.15) is 0 Å². The van der Waals surface area contributed by atoms with E-state index in [1.54, 1.807) is 14.0 Å². The van der Waals surface area contributed by atoms with E-state index in [9.17, 15) is 8.42 Å². The highest BCUT2D eigenvalue weighted by Gasteiger charge is 2.19. The number of methoxy groups -OCH3 is 1. The van der Waals surface area contributed by atoms with Crippen LogP contribution < -0.4 is 14.8 Å². The van der Waals surface area contributed by atoms with Gasteiger partial charge in [-0.3, -0.25) is 0 Å². The molecule has 0 aliphatic heterocycles. The number of rotatable bonds is 9. The first-order valence-corrected chi connectivity index (χ1v) is 8.74. The number of nitrogens with one attached hydrogen (secondary N) is 2. The van der Waals surface area contributed by atoms with Gasteiger partial charge in [0.05, 0.1) is 12.4 Å². The van der Waals surface area contributed by atoms with Crippen molar-refractivity contribution in [1.82, 2.24) is 10.0 Å². The molecule has 1 unspecified atom stereocenters. The smallest absolute Gasteiger partial charge is 0.215 e. The molecule has 0 amide bonds. The van der Waals surface area contributed by atoms with E-state index in [0.717, 1.165) is 11.3 Å². The summed E-state index contributed by atoms with van der Waals surface area (Å²) in [6.07, 6.45) is 0.640. The second-order valence-corrected chi connectivity index (χ2v) is 7.60. The Morgan fingerprint density at radius 2 is 1.95 bits per heavy atom. The fourth-order valence-electron chi connectivity index (χ4n) is 1.82. The summed E-state index contributed by atoms with van der Waals surface area (Å²) in [7, 11) is -1.67. The fraction of sp³-hybridized carbons (Fsp3) is 0.600. The minimum Gasteiger partial charge on any atom is -0.497 e. The van der Waals surface area contributed by atoms with Crippen LogP contribution in [0.3, 0.4) is 0 Å². The Bertz CT molecular complexity index is 529. The minimum absolute atomic E-state index is 0.277. The van der Waals surface area contributed by atoms with E-state index in [2.05, 4.69) is 10.0 Å². The van der Waals surface area contributed by atoms with Gasteiger partial charge in [0.25, 0.3) is 0 Å². The van der Waals surface area contributed by atoms with Crippen molar-refractivity contribution in [1.29, 1.82) is 0 Å². The lowest BCUT2D eigenvalue weighted by Gasteiger charge is -2.16. The summed E-state index contributed by atoms with van der Waals surface area (Å²) in [5.74, 6) is 0.782. The molecule has 0 fully saturated rings. The topological polar surface area (TPSA) is 67.4 Å². The largest absolute Gasteiger partial charge is 0.497 e. The van der Waals surface area contributed by atoms with Gasteiger partial charge < -0.3 is 10.1 Å². The highest BCUT2D eigenvalue weighted by molar-refractivity contribution is 7.90. The third kappa shape index (κ3) is 6.46. The average molecular weight is 314 g/mol. The van der Waals surface area contributed by atoms with Crippen molar-refractivity contribution < 1.29 is 13.2 Å². The number of sulfonamides is 1. The first kappa shape index (κ1) is 17.9. The van der Waals surface area contributed by atoms with Gasteiger partial charge in [-0.25, -0.2) is 13.1 Å². The molecule has 0 bridgehead atoms. The lowest BCUT2D eigenvalue weighted by atomic mass is 10.1. The second kappa shape index (κ2) is 8.36. The Morgan fingerprint density at radius 1 is 1.24 bits per heavy atom. The maximum atomic E-state index is 12.1. The Hall–Kier alpha value is -1.11. The summed E-state index contributed by atoms with van der Waals surface area (Å²) in [5, 5.41) is 2.69. The number of hydrogen-bond acceptors (Lipinski definition) is 4. The first-order chi connectivity index (χ1) is 9.85. The maximum absolute atomic E-state index is 12.1. The molecule has 0 saturated heterocycles. The summed E-state index contributed by atoms with van der Waals surface area (Å²) >= 11 is 0. The van der Waals surface area contributed by atoms with Crippen molar-refractivity contribution in [2.24, 2.45) is 0 Å². The Balaban J connectivity index is 2.46. The molecule has 0 radical (unpaired) electrons. The molecule has 21 heavy (non-hydrogen) atoms. The molecule has 5 nitrogen and oxygen atoms in total. The van der Waals surface area contributed by atoms with Crippen LogP contribution in [-0.2, 0) is 16.4 Å². The molecule has 1 aromatic carbocycles. The van der Waals surface area contributed by atoms with Gasteiger partial charge in [0, 0.05) is 19.1 Å². The van der Waals surface area contributed by atoms with E-state index >= 15 is 0 Å². The zero-order valence-corrected chi connectivity index (χ0v) is 14.0. The fourth-order valence-corrected chi connectivity index (χ4v) is 2.81. The monoisotopic (exact) mass is 314 g/mol. The van der Waals surface area contributed by atoms with E-state index in [-0.39, 0.29) is 6.04 Å². The summed E-state index contributed by atoms with van der Waals surface area (Å²) in [6.45, 7) is 6.54. The third-order valence-electron chi connectivity index (χ3n) is 3.19. The van der Waals surface area contributed by atoms with Crippen LogP contribution in [-0.4, -0.2) is 39.9 Å². The van der Waals surface area contributed by atoms with E-state index in [0.29, 0.717) is 19.5 Å². The second-order valence-electron chi connectivity index (χ2n) is 5.41. The van der Waals surface area contributed by atoms with Crippen LogP contribution in [0, 0.1) is 0 Å². The van der Waals surface area contributed by atoms with Crippen LogP contribution in [0.5, 0.6) is 5.75 Å². The van der Waals surface area contributed by atoms with Crippen molar-refractivity contribution in [3.05, 3.63) is 29.8 Å². The summed E-state index contributed by atoms with van der Waals surface area (Å²) in [6, 6.07) is 7.92. The minimum atomic E-state index is -3.29. The molecule has 120 valence electrons. The SMILES string of the molecule is COc1cccc(CCNS(=O)(=O)C(C)CNC(C)C)c1. The molecule has 0 spiro atoms. The molecule has 0 heterocycles. The van der Waals surface area contributed by atoms with Gasteiger partial charge in [-0.1, -0.05) is 26.0 Å². The van der Waals surface area contributed by atoms with Gasteiger partial charge in [0.2, 0.25) is 10.0 Å². The molecule has 1 rings (SSSR count). The van der Waals surface area contributed by atoms with Crippen LogP contribution >= 0.6 is 0 Å². The molecule has 0 aromatic heterocycles. The molecule has 0 saturated carbocycles. The van der Waals surface area contributed by atoms with Gasteiger partial charge >= 0.3 is 0 Å². The van der Waals surface area contributed by atoms with Crippen LogP contribution in [0.2, 0.25) is 0 Å². The van der Waals surface area contributed by atoms with E-state index in [1.165, 1.54) is 0 Å². The molecular formula is C15H26N2O3S. The summed E-state index contributed by atoms with van der Waals surface area (Å²) < 4.78 is 32.0. The predicted molar refractivity (Wildman–Crippen MR) is 86.2 cm³/mol. The Morgan fingerprint density at radius 3 is 2.57 bits per heavy atom. The maximum Gasteiger partial charge on any atom is 0.215 e. The van der Waals surface area contributed by atoms with Crippen molar-refractivity contribution in [3.63, 3.8) is 0 Å². The van der Waals surface area contributed by atoms with E-state index in [1.807, 2.05) is 38.1 Å². The average Bonchev–Trinajstić information content (AvgIpc) is 2.44. The van der Waals surface area contributed by atoms with E-state index < -0.39 is 15.3 Å². The molecule has 2 N–H and O–H groups in total. The number of benzene rings is 1. The summed E-state index contributed by atoms with van der Waals surface area (Å²) in [4.78, 5) is 0. The molecule has 6 heteroatoms. The van der Waals surface area contributed by atoms with Crippen molar-refractivity contribution in [2.75, 3.05) is 20.2 Å². The van der Waals surface area contributed by atoms with Gasteiger partial charge in [0.15, 0.2) is 0 Å². The van der Waals surface area contributed by atoms with E-state index in [4.69, 9.17) is 4.74 Å². The molecule has 1 aromatic rings. The van der Waals surface area contributed by atoms with Crippen LogP contribution in [0.15, 0.2) is 24.3 Å². The number of hydrogen-bond donors (Lipinski definition) is 2. The quantitative estimate of drug-likeness (QED) is 0.725. The predicted octanol–water partition coefficient (Wildman–Crippen LogP) is 1.54. The zero-order valence-electron chi connectivity index (χ0n) is 13.2. The summed E-state index contributed by atoms with van der Waals surface area (Å²) in [5.41, 5.74) is 1.05. The molecular weight excluding hydrogens is 288 g/mol. The van der Waals surface area contributed by atoms with Crippen molar-refractivity contribution in [3.8, 4) is 5.75 Å². The highest BCUT2D eigenvalue weighted by atomic mass is 32.2. The normalized spacial score (nSPS) is 13.4. The first-order valence-electron chi connectivity index (χ1n) is 7.20. The lowest BCUT2D eigenvalue weighted by Crippen LogP contribution is -2.41. The number of ether oxygens (including phenoxy) is 1. The van der Waals surface area contributed by atoms with Gasteiger partial charge in [-0.15, -0.1) is 0 Å². The van der Waals surface area contributed by atoms with Crippen molar-refractivity contribution >= 4 is 10.0 Å². The third-order valence-corrected chi connectivity index (χ3v) is 5.03. The standard InChI is InChI=1S/C15H26N2O3S/c1-12(2)16-11-13(3)21(18,19)17-9-8-14-6-5-7-15(10-14)20-4/h5-7,10,12-13,16-17H,8-9,11H2,1-4H3. The Kier molecular flexibility index (Phi) is 7.14. The van der Waals surface area contributed by atoms with Crippen LogP contribution in [0.1, 0.15) is 26.3 Å². The van der Waals surface area contributed by atoms with Gasteiger partial charge in [0.1, 0.15) is 5.75 Å². The van der Waals surface area contributed by atoms with Crippen molar-refractivity contribution in [2.45, 2.75) is 38.5 Å². The Labute approximate surface area is 128 Å². The lowest BCUT2D eigenvalue weighted by molar-refractivity contribution is 0.414. The highest BCUT2D eigenvalue weighted by Crippen LogP contribution is 2.12. The zero-order chi connectivity index (χ0) is 15.9. The molecule has 0 aliphatic carbocycles. The van der Waals surface area contributed by atoms with Gasteiger partial charge in [-0.05, 0) is 31.0 Å².